The molecule has 1 aliphatic heterocycles. The lowest BCUT2D eigenvalue weighted by Gasteiger charge is -2.24. The van der Waals surface area contributed by atoms with E-state index < -0.39 is 5.43 Å². The van der Waals surface area contributed by atoms with Crippen LogP contribution in [0.15, 0.2) is 39.5 Å². The highest BCUT2D eigenvalue weighted by Crippen LogP contribution is 2.44. The van der Waals surface area contributed by atoms with Crippen LogP contribution in [-0.2, 0) is 0 Å². The van der Waals surface area contributed by atoms with Gasteiger partial charge in [0.15, 0.2) is 5.43 Å². The van der Waals surface area contributed by atoms with Crippen molar-refractivity contribution in [3.05, 3.63) is 54.7 Å². The Morgan fingerprint density at radius 1 is 1.24 bits per heavy atom. The van der Waals surface area contributed by atoms with Crippen molar-refractivity contribution in [2.24, 2.45) is 0 Å². The number of hydrogen-bond acceptors (Lipinski definition) is 6. The summed E-state index contributed by atoms with van der Waals surface area (Å²) >= 11 is 8.47. The molecule has 2 heterocycles. The van der Waals surface area contributed by atoms with Crippen LogP contribution in [0, 0.1) is 3.57 Å². The molecule has 4 rings (SSSR count). The summed E-state index contributed by atoms with van der Waals surface area (Å²) in [7, 11) is 1.90. The van der Waals surface area contributed by atoms with Crippen LogP contribution >= 0.6 is 34.2 Å². The van der Waals surface area contributed by atoms with Crippen molar-refractivity contribution < 1.29 is 19.7 Å². The molecule has 2 atom stereocenters. The summed E-state index contributed by atoms with van der Waals surface area (Å²) in [5, 5.41) is 31.3. The third-order valence-electron chi connectivity index (χ3n) is 5.57. The van der Waals surface area contributed by atoms with Crippen LogP contribution < -0.4 is 5.43 Å². The van der Waals surface area contributed by atoms with E-state index in [2.05, 4.69) is 22.6 Å². The van der Waals surface area contributed by atoms with Gasteiger partial charge in [0.2, 0.25) is 0 Å². The van der Waals surface area contributed by atoms with Gasteiger partial charge in [-0.15, -0.1) is 0 Å². The second kappa shape index (κ2) is 7.79. The number of aliphatic hydroxyl groups excluding tert-OH is 1. The monoisotopic (exact) mass is 527 g/mol. The van der Waals surface area contributed by atoms with Crippen molar-refractivity contribution in [1.29, 1.82) is 0 Å². The number of aromatic hydroxyl groups is 2. The van der Waals surface area contributed by atoms with E-state index in [9.17, 15) is 20.1 Å². The number of fused-ring (bicyclic) bond motifs is 1. The molecule has 6 nitrogen and oxygen atoms in total. The maximum atomic E-state index is 12.9. The smallest absolute Gasteiger partial charge is 0.197 e. The second-order valence-corrected chi connectivity index (χ2v) is 8.91. The summed E-state index contributed by atoms with van der Waals surface area (Å²) in [5.41, 5.74) is 0.663. The number of nitrogens with zero attached hydrogens (tertiary/aromatic N) is 1. The molecule has 3 aromatic rings. The molecule has 8 heteroatoms. The van der Waals surface area contributed by atoms with Crippen LogP contribution in [0.5, 0.6) is 11.5 Å². The van der Waals surface area contributed by atoms with Crippen molar-refractivity contribution in [3.63, 3.8) is 0 Å². The molecular formula is C21H19ClINO5. The van der Waals surface area contributed by atoms with Crippen molar-refractivity contribution in [2.45, 2.75) is 18.4 Å². The van der Waals surface area contributed by atoms with E-state index in [4.69, 9.17) is 16.0 Å². The highest BCUT2D eigenvalue weighted by atomic mass is 127. The largest absolute Gasteiger partial charge is 0.507 e. The predicted octanol–water partition coefficient (Wildman–Crippen LogP) is 3.91. The molecule has 0 bridgehead atoms. The van der Waals surface area contributed by atoms with Crippen molar-refractivity contribution in [3.8, 4) is 22.8 Å². The number of likely N-dealkylation sites (tertiary alicyclic amines) is 1. The summed E-state index contributed by atoms with van der Waals surface area (Å²) < 4.78 is 7.01. The number of phenols is 2. The van der Waals surface area contributed by atoms with E-state index in [1.165, 1.54) is 12.1 Å². The fourth-order valence-corrected chi connectivity index (χ4v) is 4.81. The lowest BCUT2D eigenvalue weighted by molar-refractivity contribution is 0.172. The number of aliphatic hydroxyl groups is 1. The fraction of sp³-hybridized carbons (Fsp3) is 0.286. The van der Waals surface area contributed by atoms with Gasteiger partial charge in [-0.2, -0.15) is 0 Å². The van der Waals surface area contributed by atoms with E-state index in [-0.39, 0.29) is 46.8 Å². The number of phenolic OH excluding ortho intramolecular Hbond substituents is 2. The van der Waals surface area contributed by atoms with Gasteiger partial charge in [0.1, 0.15) is 28.2 Å². The standard InChI is InChI=1S/C21H19ClINO5/c1-24-5-4-11(14(24)9-25)19-15(26)7-16(27)20-17(28)8-18(29-21(19)20)12-6-10(23)2-3-13(12)22/h2-3,6-8,11,14,25-27H,4-5,9H2,1H3/t11-,14+/m0/s1. The van der Waals surface area contributed by atoms with Gasteiger partial charge in [0, 0.05) is 38.8 Å². The molecular weight excluding hydrogens is 509 g/mol. The number of hydrogen-bond donors (Lipinski definition) is 3. The average Bonchev–Trinajstić information content (AvgIpc) is 3.03. The minimum Gasteiger partial charge on any atom is -0.507 e. The van der Waals surface area contributed by atoms with Gasteiger partial charge in [-0.1, -0.05) is 11.6 Å². The molecule has 0 saturated carbocycles. The number of halogens is 2. The lowest BCUT2D eigenvalue weighted by atomic mass is 9.89. The van der Waals surface area contributed by atoms with Gasteiger partial charge in [0.05, 0.1) is 11.6 Å². The second-order valence-electron chi connectivity index (χ2n) is 7.26. The van der Waals surface area contributed by atoms with Crippen molar-refractivity contribution in [2.75, 3.05) is 20.2 Å². The zero-order valence-electron chi connectivity index (χ0n) is 15.5. The van der Waals surface area contributed by atoms with E-state index in [1.54, 1.807) is 12.1 Å². The Bertz CT molecular complexity index is 1160. The normalized spacial score (nSPS) is 19.9. The lowest BCUT2D eigenvalue weighted by Crippen LogP contribution is -2.32. The summed E-state index contributed by atoms with van der Waals surface area (Å²) in [6.45, 7) is 0.625. The summed E-state index contributed by atoms with van der Waals surface area (Å²) in [6.07, 6.45) is 0.674. The molecule has 152 valence electrons. The Kier molecular flexibility index (Phi) is 5.50. The zero-order chi connectivity index (χ0) is 20.9. The van der Waals surface area contributed by atoms with Crippen LogP contribution in [0.3, 0.4) is 0 Å². The molecule has 0 amide bonds. The first-order chi connectivity index (χ1) is 13.8. The molecule has 2 aromatic carbocycles. The number of likely N-dealkylation sites (N-methyl/N-ethyl adjacent to an activating group) is 1. The van der Waals surface area contributed by atoms with Gasteiger partial charge in [-0.3, -0.25) is 4.79 Å². The molecule has 0 unspecified atom stereocenters. The van der Waals surface area contributed by atoms with E-state index >= 15 is 0 Å². The molecule has 3 N–H and O–H groups in total. The molecule has 1 saturated heterocycles. The first kappa shape index (κ1) is 20.5. The predicted molar refractivity (Wildman–Crippen MR) is 120 cm³/mol. The van der Waals surface area contributed by atoms with Crippen LogP contribution in [0.4, 0.5) is 0 Å². The third-order valence-corrected chi connectivity index (χ3v) is 6.57. The van der Waals surface area contributed by atoms with Crippen LogP contribution in [0.25, 0.3) is 22.3 Å². The Hall–Kier alpha value is -1.81. The minimum absolute atomic E-state index is 0.00884. The van der Waals surface area contributed by atoms with E-state index in [0.29, 0.717) is 22.6 Å². The molecule has 0 spiro atoms. The Morgan fingerprint density at radius 3 is 2.72 bits per heavy atom. The summed E-state index contributed by atoms with van der Waals surface area (Å²) in [4.78, 5) is 14.9. The van der Waals surface area contributed by atoms with Gasteiger partial charge in [-0.25, -0.2) is 0 Å². The molecule has 1 aliphatic rings. The van der Waals surface area contributed by atoms with E-state index in [0.717, 1.165) is 10.1 Å². The SMILES string of the molecule is CN1CC[C@H](c2c(O)cc(O)c3c(=O)cc(-c4cc(I)ccc4Cl)oc23)[C@H]1CO. The van der Waals surface area contributed by atoms with E-state index in [1.807, 2.05) is 18.0 Å². The first-order valence-corrected chi connectivity index (χ1v) is 10.6. The fourth-order valence-electron chi connectivity index (χ4n) is 4.11. The number of benzene rings is 2. The van der Waals surface area contributed by atoms with Gasteiger partial charge < -0.3 is 24.6 Å². The topological polar surface area (TPSA) is 94.1 Å². The van der Waals surface area contributed by atoms with Gasteiger partial charge in [-0.05, 0) is 60.8 Å². The van der Waals surface area contributed by atoms with Crippen molar-refractivity contribution in [1.82, 2.24) is 4.90 Å². The molecule has 1 aromatic heterocycles. The Labute approximate surface area is 185 Å². The van der Waals surface area contributed by atoms with Gasteiger partial charge in [0.25, 0.3) is 0 Å². The van der Waals surface area contributed by atoms with Crippen LogP contribution in [0.2, 0.25) is 5.02 Å². The van der Waals surface area contributed by atoms with Crippen molar-refractivity contribution >= 4 is 45.2 Å². The zero-order valence-corrected chi connectivity index (χ0v) is 18.4. The third kappa shape index (κ3) is 3.50. The highest BCUT2D eigenvalue weighted by Gasteiger charge is 2.36. The highest BCUT2D eigenvalue weighted by molar-refractivity contribution is 14.1. The maximum absolute atomic E-state index is 12.9. The summed E-state index contributed by atoms with van der Waals surface area (Å²) in [6, 6.07) is 7.59. The number of rotatable bonds is 3. The molecule has 29 heavy (non-hydrogen) atoms. The Balaban J connectivity index is 2.03. The average molecular weight is 528 g/mol. The van der Waals surface area contributed by atoms with Crippen LogP contribution in [0.1, 0.15) is 17.9 Å². The first-order valence-electron chi connectivity index (χ1n) is 9.11. The Morgan fingerprint density at radius 2 is 2.00 bits per heavy atom. The molecule has 1 fully saturated rings. The molecule has 0 aliphatic carbocycles. The quantitative estimate of drug-likeness (QED) is 0.447. The minimum atomic E-state index is -0.429. The maximum Gasteiger partial charge on any atom is 0.197 e. The molecule has 0 radical (unpaired) electrons. The van der Waals surface area contributed by atoms with Gasteiger partial charge >= 0.3 is 0 Å². The summed E-state index contributed by atoms with van der Waals surface area (Å²) in [5.74, 6) is -0.507. The van der Waals surface area contributed by atoms with Crippen LogP contribution in [-0.4, -0.2) is 46.5 Å².